The fourth-order valence-electron chi connectivity index (χ4n) is 1.68. The number of esters is 1. The summed E-state index contributed by atoms with van der Waals surface area (Å²) in [6.45, 7) is 0.899. The minimum Gasteiger partial charge on any atom is -0.465 e. The summed E-state index contributed by atoms with van der Waals surface area (Å²) in [5.41, 5.74) is 6.18. The molecular formula is C13H20N4O4. The molecule has 0 radical (unpaired) electrons. The molecule has 0 aliphatic rings. The highest BCUT2D eigenvalue weighted by Gasteiger charge is 2.18. The number of hydrogen-bond donors (Lipinski definition) is 2. The Balaban J connectivity index is 2.79. The van der Waals surface area contributed by atoms with Crippen LogP contribution < -0.4 is 16.0 Å². The molecule has 0 fully saturated rings. The smallest absolute Gasteiger partial charge is 0.341 e. The van der Waals surface area contributed by atoms with Crippen molar-refractivity contribution in [2.45, 2.75) is 0 Å². The van der Waals surface area contributed by atoms with E-state index in [1.807, 2.05) is 0 Å². The molecule has 0 saturated carbocycles. The van der Waals surface area contributed by atoms with Gasteiger partial charge in [0.15, 0.2) is 0 Å². The van der Waals surface area contributed by atoms with Gasteiger partial charge in [-0.05, 0) is 6.07 Å². The van der Waals surface area contributed by atoms with Gasteiger partial charge in [0, 0.05) is 20.7 Å². The lowest BCUT2D eigenvalue weighted by molar-refractivity contribution is -0.119. The van der Waals surface area contributed by atoms with Crippen LogP contribution in [-0.4, -0.2) is 57.8 Å². The first-order valence-corrected chi connectivity index (χ1v) is 6.30. The van der Waals surface area contributed by atoms with Gasteiger partial charge in [-0.3, -0.25) is 4.79 Å². The number of nitrogen functional groups attached to an aromatic ring is 1. The summed E-state index contributed by atoms with van der Waals surface area (Å²) in [4.78, 5) is 29.1. The molecule has 0 aliphatic heterocycles. The third-order valence-corrected chi connectivity index (χ3v) is 2.66. The zero-order valence-corrected chi connectivity index (χ0v) is 12.4. The summed E-state index contributed by atoms with van der Waals surface area (Å²) in [7, 11) is 4.48. The molecule has 0 aliphatic carbocycles. The summed E-state index contributed by atoms with van der Waals surface area (Å²) < 4.78 is 9.53. The molecule has 1 amide bonds. The number of anilines is 2. The van der Waals surface area contributed by atoms with Crippen LogP contribution in [0.15, 0.2) is 12.3 Å². The lowest BCUT2D eigenvalue weighted by Crippen LogP contribution is -2.37. The molecule has 21 heavy (non-hydrogen) atoms. The second-order valence-electron chi connectivity index (χ2n) is 4.33. The average molecular weight is 296 g/mol. The number of hydrogen-bond acceptors (Lipinski definition) is 7. The Morgan fingerprint density at radius 3 is 2.76 bits per heavy atom. The number of aromatic nitrogens is 1. The van der Waals surface area contributed by atoms with Crippen LogP contribution in [0.2, 0.25) is 0 Å². The number of amides is 1. The van der Waals surface area contributed by atoms with Crippen LogP contribution in [0, 0.1) is 0 Å². The van der Waals surface area contributed by atoms with Crippen molar-refractivity contribution in [1.29, 1.82) is 0 Å². The van der Waals surface area contributed by atoms with Gasteiger partial charge in [-0.1, -0.05) is 0 Å². The quantitative estimate of drug-likeness (QED) is 0.523. The summed E-state index contributed by atoms with van der Waals surface area (Å²) >= 11 is 0. The van der Waals surface area contributed by atoms with Crippen molar-refractivity contribution in [1.82, 2.24) is 10.3 Å². The molecule has 0 spiro atoms. The summed E-state index contributed by atoms with van der Waals surface area (Å²) in [5, 5.41) is 2.68. The number of methoxy groups -OCH3 is 2. The lowest BCUT2D eigenvalue weighted by atomic mass is 10.2. The van der Waals surface area contributed by atoms with Crippen molar-refractivity contribution in [2.75, 3.05) is 51.6 Å². The van der Waals surface area contributed by atoms with Crippen molar-refractivity contribution >= 4 is 23.4 Å². The van der Waals surface area contributed by atoms with Crippen molar-refractivity contribution in [2.24, 2.45) is 0 Å². The molecule has 1 heterocycles. The van der Waals surface area contributed by atoms with E-state index in [4.69, 9.17) is 10.5 Å². The topological polar surface area (TPSA) is 107 Å². The average Bonchev–Trinajstić information content (AvgIpc) is 2.46. The van der Waals surface area contributed by atoms with Crippen molar-refractivity contribution in [3.8, 4) is 0 Å². The van der Waals surface area contributed by atoms with E-state index in [9.17, 15) is 9.59 Å². The maximum absolute atomic E-state index is 11.7. The fraction of sp³-hybridized carbons (Fsp3) is 0.462. The van der Waals surface area contributed by atoms with Crippen LogP contribution in [0.4, 0.5) is 11.5 Å². The van der Waals surface area contributed by atoms with Gasteiger partial charge in [-0.2, -0.15) is 0 Å². The molecule has 116 valence electrons. The highest BCUT2D eigenvalue weighted by molar-refractivity contribution is 5.96. The second kappa shape index (κ2) is 8.05. The first-order chi connectivity index (χ1) is 9.99. The highest BCUT2D eigenvalue weighted by atomic mass is 16.5. The van der Waals surface area contributed by atoms with Crippen molar-refractivity contribution < 1.29 is 19.1 Å². The number of nitrogens with two attached hydrogens (primary N) is 1. The van der Waals surface area contributed by atoms with Gasteiger partial charge in [0.1, 0.15) is 11.4 Å². The standard InChI is InChI=1S/C13H20N4O4/c1-17(8-11(18)15-4-5-20-2)12-10(13(19)21-3)6-9(14)7-16-12/h6-7H,4-5,8,14H2,1-3H3,(H,15,18). The number of likely N-dealkylation sites (N-methyl/N-ethyl adjacent to an activating group) is 1. The number of carbonyl (C=O) groups is 2. The Morgan fingerprint density at radius 1 is 1.43 bits per heavy atom. The van der Waals surface area contributed by atoms with Gasteiger partial charge < -0.3 is 25.4 Å². The molecule has 3 N–H and O–H groups in total. The molecule has 1 rings (SSSR count). The van der Waals surface area contributed by atoms with Crippen LogP contribution in [0.25, 0.3) is 0 Å². The molecule has 0 aromatic carbocycles. The van der Waals surface area contributed by atoms with Gasteiger partial charge in [-0.15, -0.1) is 0 Å². The maximum Gasteiger partial charge on any atom is 0.341 e. The Morgan fingerprint density at radius 2 is 2.14 bits per heavy atom. The predicted octanol–water partition coefficient (Wildman–Crippen LogP) is -0.351. The van der Waals surface area contributed by atoms with Gasteiger partial charge in [0.25, 0.3) is 0 Å². The zero-order valence-electron chi connectivity index (χ0n) is 12.4. The molecule has 0 unspecified atom stereocenters. The molecule has 0 saturated heterocycles. The predicted molar refractivity (Wildman–Crippen MR) is 78.1 cm³/mol. The Hall–Kier alpha value is -2.35. The molecule has 8 heteroatoms. The van der Waals surface area contributed by atoms with Crippen LogP contribution in [0.1, 0.15) is 10.4 Å². The maximum atomic E-state index is 11.7. The Labute approximate surface area is 123 Å². The van der Waals surface area contributed by atoms with E-state index in [0.29, 0.717) is 24.7 Å². The second-order valence-corrected chi connectivity index (χ2v) is 4.33. The molecule has 0 atom stereocenters. The molecule has 8 nitrogen and oxygen atoms in total. The van der Waals surface area contributed by atoms with E-state index in [2.05, 4.69) is 15.0 Å². The summed E-state index contributed by atoms with van der Waals surface area (Å²) in [5.74, 6) is -0.432. The minimum absolute atomic E-state index is 0.0463. The zero-order chi connectivity index (χ0) is 15.8. The van der Waals surface area contributed by atoms with Gasteiger partial charge in [0.05, 0.1) is 32.1 Å². The van der Waals surface area contributed by atoms with E-state index in [0.717, 1.165) is 0 Å². The highest BCUT2D eigenvalue weighted by Crippen LogP contribution is 2.19. The Bertz CT molecular complexity index is 507. The fourth-order valence-corrected chi connectivity index (χ4v) is 1.68. The minimum atomic E-state index is -0.559. The Kier molecular flexibility index (Phi) is 6.41. The van der Waals surface area contributed by atoms with Gasteiger partial charge in [0.2, 0.25) is 5.91 Å². The van der Waals surface area contributed by atoms with Gasteiger partial charge >= 0.3 is 5.97 Å². The van der Waals surface area contributed by atoms with E-state index in [1.54, 1.807) is 19.1 Å². The van der Waals surface area contributed by atoms with E-state index < -0.39 is 5.97 Å². The van der Waals surface area contributed by atoms with Crippen molar-refractivity contribution in [3.05, 3.63) is 17.8 Å². The third-order valence-electron chi connectivity index (χ3n) is 2.66. The number of ether oxygens (including phenoxy) is 2. The van der Waals surface area contributed by atoms with E-state index >= 15 is 0 Å². The number of nitrogens with zero attached hydrogens (tertiary/aromatic N) is 2. The van der Waals surface area contributed by atoms with Crippen LogP contribution in [-0.2, 0) is 14.3 Å². The largest absolute Gasteiger partial charge is 0.465 e. The molecular weight excluding hydrogens is 276 g/mol. The first kappa shape index (κ1) is 16.7. The number of rotatable bonds is 7. The normalized spacial score (nSPS) is 10.0. The lowest BCUT2D eigenvalue weighted by Gasteiger charge is -2.20. The van der Waals surface area contributed by atoms with E-state index in [1.165, 1.54) is 19.4 Å². The molecule has 0 bridgehead atoms. The summed E-state index contributed by atoms with van der Waals surface area (Å²) in [6, 6.07) is 1.47. The van der Waals surface area contributed by atoms with Crippen molar-refractivity contribution in [3.63, 3.8) is 0 Å². The molecule has 1 aromatic heterocycles. The third kappa shape index (κ3) is 4.92. The van der Waals surface area contributed by atoms with Crippen LogP contribution >= 0.6 is 0 Å². The van der Waals surface area contributed by atoms with Gasteiger partial charge in [-0.25, -0.2) is 9.78 Å². The van der Waals surface area contributed by atoms with Crippen LogP contribution in [0.3, 0.4) is 0 Å². The number of pyridine rings is 1. The van der Waals surface area contributed by atoms with E-state index in [-0.39, 0.29) is 18.0 Å². The molecule has 1 aromatic rings. The van der Waals surface area contributed by atoms with Crippen LogP contribution in [0.5, 0.6) is 0 Å². The SMILES string of the molecule is COCCNC(=O)CN(C)c1ncc(N)cc1C(=O)OC. The summed E-state index contributed by atoms with van der Waals surface area (Å²) in [6.07, 6.45) is 1.42. The first-order valence-electron chi connectivity index (χ1n) is 6.30. The number of nitrogens with one attached hydrogen (secondary N) is 1. The number of carbonyl (C=O) groups excluding carboxylic acids is 2. The monoisotopic (exact) mass is 296 g/mol.